The van der Waals surface area contributed by atoms with Gasteiger partial charge in [-0.3, -0.25) is 4.79 Å². The molecule has 1 aliphatic rings. The van der Waals surface area contributed by atoms with Gasteiger partial charge in [-0.05, 0) is 22.9 Å². The van der Waals surface area contributed by atoms with Crippen molar-refractivity contribution in [2.45, 2.75) is 19.4 Å². The van der Waals surface area contributed by atoms with Crippen LogP contribution in [0.25, 0.3) is 0 Å². The fourth-order valence-electron chi connectivity index (χ4n) is 2.51. The second kappa shape index (κ2) is 6.65. The van der Waals surface area contributed by atoms with Gasteiger partial charge in [0.15, 0.2) is 0 Å². The van der Waals surface area contributed by atoms with E-state index in [9.17, 15) is 4.79 Å². The summed E-state index contributed by atoms with van der Waals surface area (Å²) in [6.07, 6.45) is 0.571. The van der Waals surface area contributed by atoms with E-state index >= 15 is 0 Å². The normalized spacial score (nSPS) is 16.0. The van der Waals surface area contributed by atoms with E-state index < -0.39 is 6.04 Å². The Balaban J connectivity index is 1.73. The van der Waals surface area contributed by atoms with Crippen LogP contribution in [0.15, 0.2) is 30.3 Å². The number of hydrogen-bond acceptors (Lipinski definition) is 5. The number of rotatable bonds is 6. The molecule has 1 amide bonds. The molecule has 0 radical (unpaired) electrons. The maximum Gasteiger partial charge on any atom is 0.245 e. The van der Waals surface area contributed by atoms with Crippen molar-refractivity contribution in [3.63, 3.8) is 0 Å². The molecule has 0 bridgehead atoms. The van der Waals surface area contributed by atoms with Crippen LogP contribution in [0, 0.1) is 12.8 Å². The number of amides is 1. The lowest BCUT2D eigenvalue weighted by atomic mass is 10.0. The minimum atomic E-state index is -0.426. The summed E-state index contributed by atoms with van der Waals surface area (Å²) in [5.41, 5.74) is 1.09. The predicted molar refractivity (Wildman–Crippen MR) is 81.1 cm³/mol. The number of benzene rings is 1. The van der Waals surface area contributed by atoms with Gasteiger partial charge in [0.05, 0.1) is 0 Å². The van der Waals surface area contributed by atoms with Crippen molar-refractivity contribution in [1.82, 2.24) is 30.8 Å². The minimum absolute atomic E-state index is 0.0360. The SMILES string of the molecule is Cc1nnnn1C(Cc1ccccc1)C(=O)NCC1CNC1. The van der Waals surface area contributed by atoms with Gasteiger partial charge in [-0.1, -0.05) is 30.3 Å². The maximum atomic E-state index is 12.6. The monoisotopic (exact) mass is 300 g/mol. The second-order valence-corrected chi connectivity index (χ2v) is 5.65. The number of nitrogens with zero attached hydrogens (tertiary/aromatic N) is 4. The molecule has 1 aromatic heterocycles. The summed E-state index contributed by atoms with van der Waals surface area (Å²) in [6.45, 7) is 4.43. The van der Waals surface area contributed by atoms with Crippen molar-refractivity contribution in [1.29, 1.82) is 0 Å². The average molecular weight is 300 g/mol. The third kappa shape index (κ3) is 3.30. The number of hydrogen-bond donors (Lipinski definition) is 2. The molecule has 1 fully saturated rings. The zero-order valence-corrected chi connectivity index (χ0v) is 12.6. The molecule has 3 rings (SSSR count). The lowest BCUT2D eigenvalue weighted by Gasteiger charge is -2.28. The van der Waals surface area contributed by atoms with Crippen LogP contribution in [0.4, 0.5) is 0 Å². The third-order valence-corrected chi connectivity index (χ3v) is 3.96. The first kappa shape index (κ1) is 14.6. The quantitative estimate of drug-likeness (QED) is 0.790. The van der Waals surface area contributed by atoms with Gasteiger partial charge in [-0.15, -0.1) is 5.10 Å². The zero-order chi connectivity index (χ0) is 15.4. The first-order chi connectivity index (χ1) is 10.7. The van der Waals surface area contributed by atoms with E-state index in [1.165, 1.54) is 0 Å². The Morgan fingerprint density at radius 3 is 2.77 bits per heavy atom. The van der Waals surface area contributed by atoms with Gasteiger partial charge in [0.2, 0.25) is 5.91 Å². The standard InChI is InChI=1S/C15H20N6O/c1-11-18-19-20-21(11)14(7-12-5-3-2-4-6-12)15(22)17-10-13-8-16-9-13/h2-6,13-14,16H,7-10H2,1H3,(H,17,22). The van der Waals surface area contributed by atoms with E-state index in [2.05, 4.69) is 26.2 Å². The van der Waals surface area contributed by atoms with Crippen LogP contribution in [0.5, 0.6) is 0 Å². The molecule has 1 unspecified atom stereocenters. The molecule has 0 saturated carbocycles. The molecule has 1 atom stereocenters. The van der Waals surface area contributed by atoms with Crippen molar-refractivity contribution in [2.24, 2.45) is 5.92 Å². The van der Waals surface area contributed by atoms with Crippen LogP contribution < -0.4 is 10.6 Å². The summed E-state index contributed by atoms with van der Waals surface area (Å²) in [5.74, 6) is 1.13. The zero-order valence-electron chi connectivity index (χ0n) is 12.6. The Morgan fingerprint density at radius 1 is 1.41 bits per heavy atom. The highest BCUT2D eigenvalue weighted by atomic mass is 16.2. The summed E-state index contributed by atoms with van der Waals surface area (Å²) < 4.78 is 1.60. The number of tetrazole rings is 1. The third-order valence-electron chi connectivity index (χ3n) is 3.96. The summed E-state index contributed by atoms with van der Waals surface area (Å²) >= 11 is 0. The summed E-state index contributed by atoms with van der Waals surface area (Å²) in [7, 11) is 0. The van der Waals surface area contributed by atoms with E-state index in [-0.39, 0.29) is 5.91 Å². The van der Waals surface area contributed by atoms with Crippen LogP contribution in [0.1, 0.15) is 17.4 Å². The molecule has 2 heterocycles. The molecule has 1 aliphatic heterocycles. The lowest BCUT2D eigenvalue weighted by molar-refractivity contribution is -0.125. The smallest absolute Gasteiger partial charge is 0.245 e. The van der Waals surface area contributed by atoms with Gasteiger partial charge in [-0.25, -0.2) is 4.68 Å². The number of nitrogens with one attached hydrogen (secondary N) is 2. The largest absolute Gasteiger partial charge is 0.354 e. The van der Waals surface area contributed by atoms with E-state index in [0.29, 0.717) is 24.7 Å². The Morgan fingerprint density at radius 2 is 2.18 bits per heavy atom. The molecule has 0 aliphatic carbocycles. The van der Waals surface area contributed by atoms with E-state index in [1.807, 2.05) is 30.3 Å². The van der Waals surface area contributed by atoms with Crippen molar-refractivity contribution in [2.75, 3.05) is 19.6 Å². The Hall–Kier alpha value is -2.28. The molecule has 2 aromatic rings. The highest BCUT2D eigenvalue weighted by molar-refractivity contribution is 5.80. The van der Waals surface area contributed by atoms with Crippen molar-refractivity contribution >= 4 is 5.91 Å². The average Bonchev–Trinajstić information content (AvgIpc) is 2.90. The Kier molecular flexibility index (Phi) is 4.43. The van der Waals surface area contributed by atoms with Crippen molar-refractivity contribution in [3.8, 4) is 0 Å². The molecule has 2 N–H and O–H groups in total. The second-order valence-electron chi connectivity index (χ2n) is 5.65. The number of aryl methyl sites for hydroxylation is 1. The molecule has 7 nitrogen and oxygen atoms in total. The molecule has 7 heteroatoms. The van der Waals surface area contributed by atoms with Gasteiger partial charge in [0.25, 0.3) is 0 Å². The predicted octanol–water partition coefficient (Wildman–Crippen LogP) is 0.101. The molecule has 0 spiro atoms. The first-order valence-electron chi connectivity index (χ1n) is 7.51. The summed E-state index contributed by atoms with van der Waals surface area (Å²) in [5, 5.41) is 17.8. The van der Waals surface area contributed by atoms with Gasteiger partial charge in [0.1, 0.15) is 11.9 Å². The lowest BCUT2D eigenvalue weighted by Crippen LogP contribution is -2.49. The fourth-order valence-corrected chi connectivity index (χ4v) is 2.51. The highest BCUT2D eigenvalue weighted by Crippen LogP contribution is 2.15. The summed E-state index contributed by atoms with van der Waals surface area (Å²) in [6, 6.07) is 9.49. The van der Waals surface area contributed by atoms with Gasteiger partial charge >= 0.3 is 0 Å². The molecule has 22 heavy (non-hydrogen) atoms. The molecule has 1 saturated heterocycles. The van der Waals surface area contributed by atoms with Gasteiger partial charge in [-0.2, -0.15) is 0 Å². The highest BCUT2D eigenvalue weighted by Gasteiger charge is 2.25. The number of carbonyl (C=O) groups excluding carboxylic acids is 1. The van der Waals surface area contributed by atoms with Crippen molar-refractivity contribution in [3.05, 3.63) is 41.7 Å². The van der Waals surface area contributed by atoms with Crippen LogP contribution >= 0.6 is 0 Å². The fraction of sp³-hybridized carbons (Fsp3) is 0.467. The van der Waals surface area contributed by atoms with Crippen molar-refractivity contribution < 1.29 is 4.79 Å². The van der Waals surface area contributed by atoms with Crippen LogP contribution in [-0.2, 0) is 11.2 Å². The first-order valence-corrected chi connectivity index (χ1v) is 7.51. The molecule has 1 aromatic carbocycles. The number of aromatic nitrogens is 4. The minimum Gasteiger partial charge on any atom is -0.354 e. The molecular weight excluding hydrogens is 280 g/mol. The Labute approximate surface area is 129 Å². The van der Waals surface area contributed by atoms with E-state index in [4.69, 9.17) is 0 Å². The van der Waals surface area contributed by atoms with Crippen LogP contribution in [-0.4, -0.2) is 45.7 Å². The van der Waals surface area contributed by atoms with Crippen LogP contribution in [0.3, 0.4) is 0 Å². The molecule has 116 valence electrons. The topological polar surface area (TPSA) is 84.7 Å². The van der Waals surface area contributed by atoms with Gasteiger partial charge < -0.3 is 10.6 Å². The van der Waals surface area contributed by atoms with Crippen LogP contribution in [0.2, 0.25) is 0 Å². The maximum absolute atomic E-state index is 12.6. The van der Waals surface area contributed by atoms with Gasteiger partial charge in [0, 0.05) is 32.0 Å². The molecular formula is C15H20N6O. The number of carbonyl (C=O) groups is 1. The van der Waals surface area contributed by atoms with E-state index in [1.54, 1.807) is 11.6 Å². The van der Waals surface area contributed by atoms with E-state index in [0.717, 1.165) is 18.7 Å². The summed E-state index contributed by atoms with van der Waals surface area (Å²) in [4.78, 5) is 12.6. The Bertz CT molecular complexity index is 622.